The predicted molar refractivity (Wildman–Crippen MR) is 187 cm³/mol. The van der Waals surface area contributed by atoms with Gasteiger partial charge in [0.2, 0.25) is 0 Å². The smallest absolute Gasteiger partial charge is 0.118 e. The van der Waals surface area contributed by atoms with Crippen molar-refractivity contribution < 1.29 is 33.2 Å². The van der Waals surface area contributed by atoms with E-state index in [9.17, 15) is 0 Å². The molecule has 0 heterocycles. The van der Waals surface area contributed by atoms with Gasteiger partial charge in [-0.1, -0.05) is 115 Å². The van der Waals surface area contributed by atoms with Gasteiger partial charge in [-0.25, -0.2) is 0 Å². The first kappa shape index (κ1) is 35.2. The maximum atomic E-state index is 6.79. The molecule has 0 unspecified atom stereocenters. The summed E-state index contributed by atoms with van der Waals surface area (Å²) in [6, 6.07) is 38.0. The molecule has 5 rings (SSSR count). The zero-order valence-electron chi connectivity index (χ0n) is 27.6. The molecule has 252 valence electrons. The molecule has 48 heavy (non-hydrogen) atoms. The highest BCUT2D eigenvalue weighted by Crippen LogP contribution is 2.36. The summed E-state index contributed by atoms with van der Waals surface area (Å²) in [4.78, 5) is 0. The molecule has 0 bridgehead atoms. The lowest BCUT2D eigenvalue weighted by atomic mass is 9.83. The van der Waals surface area contributed by atoms with E-state index >= 15 is 0 Å². The van der Waals surface area contributed by atoms with Crippen LogP contribution in [0.3, 0.4) is 0 Å². The van der Waals surface area contributed by atoms with Gasteiger partial charge < -0.3 is 33.2 Å². The van der Waals surface area contributed by atoms with Crippen LogP contribution >= 0.6 is 0 Å². The van der Waals surface area contributed by atoms with Crippen LogP contribution in [0.4, 0.5) is 0 Å². The first-order valence-electron chi connectivity index (χ1n) is 16.4. The Hall–Kier alpha value is -4.08. The van der Waals surface area contributed by atoms with Crippen molar-refractivity contribution in [2.24, 2.45) is 0 Å². The van der Waals surface area contributed by atoms with Gasteiger partial charge in [0.25, 0.3) is 0 Å². The Balaban J connectivity index is 1.53. The quantitative estimate of drug-likeness (QED) is 0.0975. The summed E-state index contributed by atoms with van der Waals surface area (Å²) in [5.41, 5.74) is 4.07. The minimum Gasteiger partial charge on any atom is -0.497 e. The highest BCUT2D eigenvalue weighted by molar-refractivity contribution is 5.27. The van der Waals surface area contributed by atoms with Gasteiger partial charge in [0.1, 0.15) is 42.4 Å². The average molecular weight is 651 g/mol. The molecule has 0 aromatic heterocycles. The lowest BCUT2D eigenvalue weighted by Crippen LogP contribution is -2.67. The molecule has 1 aliphatic rings. The van der Waals surface area contributed by atoms with Crippen molar-refractivity contribution in [1.29, 1.82) is 0 Å². The van der Waals surface area contributed by atoms with Gasteiger partial charge >= 0.3 is 0 Å². The summed E-state index contributed by atoms with van der Waals surface area (Å²) in [5, 5.41) is 0. The third kappa shape index (κ3) is 9.97. The van der Waals surface area contributed by atoms with Crippen molar-refractivity contribution >= 4 is 0 Å². The van der Waals surface area contributed by atoms with E-state index in [-0.39, 0.29) is 13.2 Å². The summed E-state index contributed by atoms with van der Waals surface area (Å²) in [5.74, 6) is 0.776. The van der Waals surface area contributed by atoms with E-state index < -0.39 is 36.6 Å². The van der Waals surface area contributed by atoms with Gasteiger partial charge in [0.05, 0.1) is 46.8 Å². The van der Waals surface area contributed by atoms with Crippen molar-refractivity contribution in [3.8, 4) is 5.75 Å². The van der Waals surface area contributed by atoms with E-state index in [1.165, 1.54) is 0 Å². The molecule has 0 N–H and O–H groups in total. The minimum atomic E-state index is -0.595. The normalized spacial score (nSPS) is 22.2. The minimum absolute atomic E-state index is 0.285. The van der Waals surface area contributed by atoms with Crippen molar-refractivity contribution in [3.63, 3.8) is 0 Å². The highest BCUT2D eigenvalue weighted by Gasteiger charge is 2.55. The number of methoxy groups -OCH3 is 1. The molecule has 0 saturated heterocycles. The van der Waals surface area contributed by atoms with Gasteiger partial charge in [-0.05, 0) is 34.4 Å². The molecule has 7 heteroatoms. The van der Waals surface area contributed by atoms with Crippen molar-refractivity contribution in [2.75, 3.05) is 20.3 Å². The van der Waals surface area contributed by atoms with E-state index in [0.717, 1.165) is 28.0 Å². The monoisotopic (exact) mass is 650 g/mol. The Kier molecular flexibility index (Phi) is 14.0. The van der Waals surface area contributed by atoms with E-state index in [1.54, 1.807) is 19.3 Å². The summed E-state index contributed by atoms with van der Waals surface area (Å²) >= 11 is 0. The third-order valence-electron chi connectivity index (χ3n) is 8.21. The first-order chi connectivity index (χ1) is 23.7. The maximum absolute atomic E-state index is 6.79. The molecule has 4 aromatic rings. The Labute approximate surface area is 284 Å². The summed E-state index contributed by atoms with van der Waals surface area (Å²) in [6.07, 6.45) is -0.0504. The molecule has 0 aliphatic heterocycles. The summed E-state index contributed by atoms with van der Waals surface area (Å²) in [6.45, 7) is 9.77. The lowest BCUT2D eigenvalue weighted by molar-refractivity contribution is -0.286. The molecular formula is C41H46O7. The van der Waals surface area contributed by atoms with E-state index in [0.29, 0.717) is 26.4 Å². The van der Waals surface area contributed by atoms with Gasteiger partial charge in [0, 0.05) is 0 Å². The molecule has 6 atom stereocenters. The SMILES string of the molecule is C=CCO[C@@H]1[C@@H](OCc2ccccc2)[C@H](OCc2ccc(OC)cc2)[C@@H](OCC=C)[C@H](OCc2ccccc2)[C@@H]1OCc1ccccc1. The average Bonchev–Trinajstić information content (AvgIpc) is 3.14. The summed E-state index contributed by atoms with van der Waals surface area (Å²) < 4.78 is 45.6. The number of ether oxygens (including phenoxy) is 7. The van der Waals surface area contributed by atoms with Crippen LogP contribution in [0, 0.1) is 0 Å². The highest BCUT2D eigenvalue weighted by atomic mass is 16.6. The van der Waals surface area contributed by atoms with Crippen LogP contribution in [-0.2, 0) is 54.8 Å². The van der Waals surface area contributed by atoms with Crippen molar-refractivity contribution in [2.45, 2.75) is 63.1 Å². The van der Waals surface area contributed by atoms with Crippen LogP contribution in [0.1, 0.15) is 22.3 Å². The van der Waals surface area contributed by atoms with Crippen molar-refractivity contribution in [1.82, 2.24) is 0 Å². The van der Waals surface area contributed by atoms with Gasteiger partial charge in [0.15, 0.2) is 0 Å². The van der Waals surface area contributed by atoms with Crippen LogP contribution in [-0.4, -0.2) is 56.9 Å². The molecule has 0 amide bonds. The Morgan fingerprint density at radius 2 is 0.708 bits per heavy atom. The number of hydrogen-bond donors (Lipinski definition) is 0. The molecule has 7 nitrogen and oxygen atoms in total. The molecule has 4 aromatic carbocycles. The van der Waals surface area contributed by atoms with Crippen LogP contribution in [0.15, 0.2) is 141 Å². The number of rotatable bonds is 19. The van der Waals surface area contributed by atoms with Crippen LogP contribution in [0.2, 0.25) is 0 Å². The first-order valence-corrected chi connectivity index (χ1v) is 16.4. The van der Waals surface area contributed by atoms with Crippen LogP contribution in [0.5, 0.6) is 5.75 Å². The lowest BCUT2D eigenvalue weighted by Gasteiger charge is -2.49. The molecular weight excluding hydrogens is 604 g/mol. The maximum Gasteiger partial charge on any atom is 0.118 e. The Morgan fingerprint density at radius 1 is 0.417 bits per heavy atom. The zero-order valence-corrected chi connectivity index (χ0v) is 27.6. The van der Waals surface area contributed by atoms with Crippen LogP contribution < -0.4 is 4.74 Å². The van der Waals surface area contributed by atoms with E-state index in [2.05, 4.69) is 13.2 Å². The summed E-state index contributed by atoms with van der Waals surface area (Å²) in [7, 11) is 1.65. The number of hydrogen-bond acceptors (Lipinski definition) is 7. The molecule has 1 fully saturated rings. The van der Waals surface area contributed by atoms with Gasteiger partial charge in [-0.15, -0.1) is 13.2 Å². The second-order valence-electron chi connectivity index (χ2n) is 11.6. The van der Waals surface area contributed by atoms with E-state index in [1.807, 2.05) is 115 Å². The molecule has 0 spiro atoms. The molecule has 1 aliphatic carbocycles. The molecule has 0 radical (unpaired) electrons. The Bertz CT molecular complexity index is 1480. The zero-order chi connectivity index (χ0) is 33.4. The van der Waals surface area contributed by atoms with Crippen LogP contribution in [0.25, 0.3) is 0 Å². The fraction of sp³-hybridized carbons (Fsp3) is 0.317. The van der Waals surface area contributed by atoms with E-state index in [4.69, 9.17) is 33.2 Å². The largest absolute Gasteiger partial charge is 0.497 e. The standard InChI is InChI=1S/C41H46O7/c1-4-25-43-36-38(45-27-31-15-9-6-10-16-31)39(46-28-32-17-11-7-12-18-32)37(44-26-5-2)41(40(36)47-29-33-19-13-8-14-20-33)48-30-34-21-23-35(42-3)24-22-34/h4-24,36-41H,1-2,25-30H2,3H3/t36-,37-,38+,39-,40+,41+/m0/s1. The number of benzene rings is 4. The predicted octanol–water partition coefficient (Wildman–Crippen LogP) is 7.49. The fourth-order valence-electron chi connectivity index (χ4n) is 5.83. The Morgan fingerprint density at radius 3 is 1.00 bits per heavy atom. The topological polar surface area (TPSA) is 64.6 Å². The fourth-order valence-corrected chi connectivity index (χ4v) is 5.83. The second-order valence-corrected chi connectivity index (χ2v) is 11.6. The van der Waals surface area contributed by atoms with Crippen molar-refractivity contribution in [3.05, 3.63) is 163 Å². The van der Waals surface area contributed by atoms with Gasteiger partial charge in [-0.2, -0.15) is 0 Å². The molecule has 1 saturated carbocycles. The third-order valence-corrected chi connectivity index (χ3v) is 8.21. The van der Waals surface area contributed by atoms with Gasteiger partial charge in [-0.3, -0.25) is 0 Å². The second kappa shape index (κ2) is 19.1.